The lowest BCUT2D eigenvalue weighted by Gasteiger charge is -2.07. The van der Waals surface area contributed by atoms with Crippen molar-refractivity contribution >= 4 is 35.1 Å². The average molecular weight is 325 g/mol. The monoisotopic (exact) mass is 324 g/mol. The number of rotatable bonds is 4. The van der Waals surface area contributed by atoms with Gasteiger partial charge in [-0.3, -0.25) is 9.78 Å². The molecule has 2 rings (SSSR count). The molecule has 1 heterocycles. The van der Waals surface area contributed by atoms with Gasteiger partial charge in [0.1, 0.15) is 0 Å². The molecule has 0 fully saturated rings. The van der Waals surface area contributed by atoms with Crippen LogP contribution in [0, 0.1) is 0 Å². The second-order valence-corrected chi connectivity index (χ2v) is 4.99. The molecule has 0 spiro atoms. The highest BCUT2D eigenvalue weighted by atomic mass is 35.5. The van der Waals surface area contributed by atoms with Crippen molar-refractivity contribution < 1.29 is 14.7 Å². The van der Waals surface area contributed by atoms with E-state index < -0.39 is 5.97 Å². The largest absolute Gasteiger partial charge is 0.478 e. The zero-order chi connectivity index (χ0) is 15.4. The molecule has 0 aliphatic carbocycles. The minimum absolute atomic E-state index is 0.0961. The van der Waals surface area contributed by atoms with Gasteiger partial charge < -0.3 is 10.4 Å². The Morgan fingerprint density at radius 1 is 1.19 bits per heavy atom. The molecule has 0 radical (unpaired) electrons. The molecule has 0 bridgehead atoms. The van der Waals surface area contributed by atoms with Crippen LogP contribution < -0.4 is 5.32 Å². The number of carboxylic acids is 1. The highest BCUT2D eigenvalue weighted by Crippen LogP contribution is 2.20. The van der Waals surface area contributed by atoms with Gasteiger partial charge in [-0.2, -0.15) is 0 Å². The van der Waals surface area contributed by atoms with Crippen molar-refractivity contribution in [2.24, 2.45) is 0 Å². The van der Waals surface area contributed by atoms with E-state index in [2.05, 4.69) is 10.3 Å². The van der Waals surface area contributed by atoms with Gasteiger partial charge in [0.15, 0.2) is 0 Å². The third-order valence-corrected chi connectivity index (χ3v) is 3.22. The number of aromatic nitrogens is 1. The van der Waals surface area contributed by atoms with Crippen molar-refractivity contribution in [2.45, 2.75) is 6.54 Å². The zero-order valence-corrected chi connectivity index (χ0v) is 12.1. The SMILES string of the molecule is O=C(O)c1ccnc(CNC(=O)c2ccc(Cl)cc2Cl)c1. The predicted molar refractivity (Wildman–Crippen MR) is 78.8 cm³/mol. The summed E-state index contributed by atoms with van der Waals surface area (Å²) in [5, 5.41) is 12.2. The van der Waals surface area contributed by atoms with Gasteiger partial charge in [-0.15, -0.1) is 0 Å². The molecule has 0 atom stereocenters. The Morgan fingerprint density at radius 2 is 1.95 bits per heavy atom. The Morgan fingerprint density at radius 3 is 2.62 bits per heavy atom. The van der Waals surface area contributed by atoms with Gasteiger partial charge >= 0.3 is 5.97 Å². The summed E-state index contributed by atoms with van der Waals surface area (Å²) in [5.41, 5.74) is 0.836. The van der Waals surface area contributed by atoms with E-state index in [0.717, 1.165) is 0 Å². The first kappa shape index (κ1) is 15.3. The number of carbonyl (C=O) groups is 2. The van der Waals surface area contributed by atoms with Crippen LogP contribution in [0.3, 0.4) is 0 Å². The summed E-state index contributed by atoms with van der Waals surface area (Å²) < 4.78 is 0. The molecule has 1 aromatic heterocycles. The van der Waals surface area contributed by atoms with Crippen LogP contribution in [0.2, 0.25) is 10.0 Å². The van der Waals surface area contributed by atoms with Crippen molar-refractivity contribution in [3.8, 4) is 0 Å². The Balaban J connectivity index is 2.07. The van der Waals surface area contributed by atoms with Crippen LogP contribution in [0.1, 0.15) is 26.4 Å². The number of nitrogens with zero attached hydrogens (tertiary/aromatic N) is 1. The van der Waals surface area contributed by atoms with Gasteiger partial charge in [0.05, 0.1) is 28.4 Å². The van der Waals surface area contributed by atoms with E-state index in [1.54, 1.807) is 6.07 Å². The van der Waals surface area contributed by atoms with Crippen molar-refractivity contribution in [1.29, 1.82) is 0 Å². The van der Waals surface area contributed by atoms with E-state index in [4.69, 9.17) is 28.3 Å². The molecular weight excluding hydrogens is 315 g/mol. The van der Waals surface area contributed by atoms with E-state index in [1.807, 2.05) is 0 Å². The highest BCUT2D eigenvalue weighted by molar-refractivity contribution is 6.36. The number of carbonyl (C=O) groups excluding carboxylic acids is 1. The quantitative estimate of drug-likeness (QED) is 0.906. The van der Waals surface area contributed by atoms with Crippen molar-refractivity contribution in [3.63, 3.8) is 0 Å². The molecule has 2 N–H and O–H groups in total. The van der Waals surface area contributed by atoms with E-state index in [-0.39, 0.29) is 28.6 Å². The molecule has 1 aromatic carbocycles. The fourth-order valence-electron chi connectivity index (χ4n) is 1.65. The second kappa shape index (κ2) is 6.56. The van der Waals surface area contributed by atoms with Crippen LogP contribution in [0.5, 0.6) is 0 Å². The van der Waals surface area contributed by atoms with Crippen LogP contribution in [-0.4, -0.2) is 22.0 Å². The Bertz CT molecular complexity index is 704. The summed E-state index contributed by atoms with van der Waals surface area (Å²) in [5.74, 6) is -1.44. The van der Waals surface area contributed by atoms with E-state index in [1.165, 1.54) is 30.5 Å². The number of amides is 1. The van der Waals surface area contributed by atoms with Gasteiger partial charge in [-0.1, -0.05) is 23.2 Å². The van der Waals surface area contributed by atoms with Crippen molar-refractivity contribution in [1.82, 2.24) is 10.3 Å². The molecule has 0 aliphatic heterocycles. The lowest BCUT2D eigenvalue weighted by atomic mass is 10.2. The smallest absolute Gasteiger partial charge is 0.335 e. The van der Waals surface area contributed by atoms with E-state index >= 15 is 0 Å². The molecular formula is C14H10Cl2N2O3. The Kier molecular flexibility index (Phi) is 4.77. The molecule has 1 amide bonds. The van der Waals surface area contributed by atoms with Crippen LogP contribution in [0.25, 0.3) is 0 Å². The molecule has 2 aromatic rings. The standard InChI is InChI=1S/C14H10Cl2N2O3/c15-9-1-2-11(12(16)6-9)13(19)18-7-10-5-8(14(20)21)3-4-17-10/h1-6H,7H2,(H,18,19)(H,20,21). The third-order valence-electron chi connectivity index (χ3n) is 2.67. The lowest BCUT2D eigenvalue weighted by Crippen LogP contribution is -2.23. The summed E-state index contributed by atoms with van der Waals surface area (Å²) in [4.78, 5) is 26.8. The summed E-state index contributed by atoms with van der Waals surface area (Å²) in [6.45, 7) is 0.0961. The van der Waals surface area contributed by atoms with E-state index in [0.29, 0.717) is 10.7 Å². The van der Waals surface area contributed by atoms with Crippen LogP contribution in [0.15, 0.2) is 36.5 Å². The van der Waals surface area contributed by atoms with Crippen LogP contribution >= 0.6 is 23.2 Å². The van der Waals surface area contributed by atoms with Gasteiger partial charge in [0.2, 0.25) is 0 Å². The summed E-state index contributed by atoms with van der Waals surface area (Å²) in [6, 6.07) is 7.32. The molecule has 5 nitrogen and oxygen atoms in total. The first-order valence-electron chi connectivity index (χ1n) is 5.89. The number of aromatic carboxylic acids is 1. The molecule has 21 heavy (non-hydrogen) atoms. The number of carboxylic acid groups (broad SMARTS) is 1. The zero-order valence-electron chi connectivity index (χ0n) is 10.6. The molecule has 108 valence electrons. The maximum absolute atomic E-state index is 12.0. The third kappa shape index (κ3) is 3.93. The Hall–Kier alpha value is -2.11. The summed E-state index contributed by atoms with van der Waals surface area (Å²) >= 11 is 11.7. The van der Waals surface area contributed by atoms with Gasteiger partial charge in [0.25, 0.3) is 5.91 Å². The van der Waals surface area contributed by atoms with Crippen LogP contribution in [-0.2, 0) is 6.54 Å². The lowest BCUT2D eigenvalue weighted by molar-refractivity contribution is 0.0696. The van der Waals surface area contributed by atoms with Crippen molar-refractivity contribution in [3.05, 3.63) is 63.4 Å². The Labute approximate surface area is 130 Å². The fourth-order valence-corrected chi connectivity index (χ4v) is 2.14. The van der Waals surface area contributed by atoms with Gasteiger partial charge in [0, 0.05) is 11.2 Å². The topological polar surface area (TPSA) is 79.3 Å². The number of benzene rings is 1. The molecule has 0 saturated carbocycles. The molecule has 0 aliphatic rings. The van der Waals surface area contributed by atoms with Gasteiger partial charge in [-0.25, -0.2) is 4.79 Å². The minimum atomic E-state index is -1.05. The van der Waals surface area contributed by atoms with Crippen molar-refractivity contribution in [2.75, 3.05) is 0 Å². The number of hydrogen-bond acceptors (Lipinski definition) is 3. The first-order chi connectivity index (χ1) is 9.97. The molecule has 0 saturated heterocycles. The van der Waals surface area contributed by atoms with E-state index in [9.17, 15) is 9.59 Å². The number of nitrogens with one attached hydrogen (secondary N) is 1. The highest BCUT2D eigenvalue weighted by Gasteiger charge is 2.11. The predicted octanol–water partition coefficient (Wildman–Crippen LogP) is 3.02. The number of hydrogen-bond donors (Lipinski definition) is 2. The molecule has 7 heteroatoms. The number of pyridine rings is 1. The maximum atomic E-state index is 12.0. The summed E-state index contributed by atoms with van der Waals surface area (Å²) in [6.07, 6.45) is 1.38. The van der Waals surface area contributed by atoms with Crippen LogP contribution in [0.4, 0.5) is 0 Å². The maximum Gasteiger partial charge on any atom is 0.335 e. The number of halogens is 2. The average Bonchev–Trinajstić information content (AvgIpc) is 2.45. The second-order valence-electron chi connectivity index (χ2n) is 4.15. The normalized spacial score (nSPS) is 10.2. The summed E-state index contributed by atoms with van der Waals surface area (Å²) in [7, 11) is 0. The minimum Gasteiger partial charge on any atom is -0.478 e. The first-order valence-corrected chi connectivity index (χ1v) is 6.64. The fraction of sp³-hybridized carbons (Fsp3) is 0.0714. The molecule has 0 unspecified atom stereocenters. The van der Waals surface area contributed by atoms with Gasteiger partial charge in [-0.05, 0) is 30.3 Å².